The van der Waals surface area contributed by atoms with Crippen molar-refractivity contribution in [3.05, 3.63) is 18.2 Å². The summed E-state index contributed by atoms with van der Waals surface area (Å²) in [6.45, 7) is 0. The van der Waals surface area contributed by atoms with Gasteiger partial charge in [0.25, 0.3) is 0 Å². The first-order valence-electron chi connectivity index (χ1n) is 5.66. The van der Waals surface area contributed by atoms with Crippen molar-refractivity contribution >= 4 is 21.4 Å². The maximum absolute atomic E-state index is 11.2. The van der Waals surface area contributed by atoms with Crippen molar-refractivity contribution in [2.45, 2.75) is 36.6 Å². The van der Waals surface area contributed by atoms with Gasteiger partial charge < -0.3 is 11.1 Å². The van der Waals surface area contributed by atoms with Gasteiger partial charge in [0.15, 0.2) is 0 Å². The van der Waals surface area contributed by atoms with Crippen LogP contribution < -0.4 is 16.2 Å². The fourth-order valence-electron chi connectivity index (χ4n) is 2.20. The van der Waals surface area contributed by atoms with Gasteiger partial charge in [-0.25, -0.2) is 13.6 Å². The molecule has 94 valence electrons. The number of benzene rings is 1. The van der Waals surface area contributed by atoms with E-state index in [4.69, 9.17) is 10.9 Å². The van der Waals surface area contributed by atoms with Crippen LogP contribution in [0.3, 0.4) is 0 Å². The second-order valence-corrected chi connectivity index (χ2v) is 5.95. The zero-order chi connectivity index (χ0) is 12.5. The summed E-state index contributed by atoms with van der Waals surface area (Å²) in [6, 6.07) is 5.24. The van der Waals surface area contributed by atoms with Crippen LogP contribution >= 0.6 is 0 Å². The summed E-state index contributed by atoms with van der Waals surface area (Å²) < 4.78 is 22.4. The lowest BCUT2D eigenvalue weighted by molar-refractivity contribution is 0.598. The van der Waals surface area contributed by atoms with E-state index in [0.29, 0.717) is 6.04 Å². The van der Waals surface area contributed by atoms with Crippen LogP contribution in [0.5, 0.6) is 0 Å². The molecular formula is C11H17N3O2S. The lowest BCUT2D eigenvalue weighted by Crippen LogP contribution is -2.16. The molecule has 1 aromatic rings. The van der Waals surface area contributed by atoms with Crippen molar-refractivity contribution in [2.24, 2.45) is 5.14 Å². The van der Waals surface area contributed by atoms with Crippen molar-refractivity contribution in [1.29, 1.82) is 0 Å². The molecule has 1 fully saturated rings. The molecule has 6 heteroatoms. The van der Waals surface area contributed by atoms with E-state index in [1.54, 1.807) is 12.1 Å². The number of hydrogen-bond acceptors (Lipinski definition) is 4. The molecule has 5 nitrogen and oxygen atoms in total. The summed E-state index contributed by atoms with van der Waals surface area (Å²) in [5.74, 6) is 0. The Bertz CT molecular complexity index is 507. The summed E-state index contributed by atoms with van der Waals surface area (Å²) in [5, 5.41) is 8.39. The van der Waals surface area contributed by atoms with Crippen LogP contribution in [-0.2, 0) is 10.0 Å². The number of anilines is 2. The van der Waals surface area contributed by atoms with Crippen molar-refractivity contribution in [1.82, 2.24) is 0 Å². The smallest absolute Gasteiger partial charge is 0.240 e. The lowest BCUT2D eigenvalue weighted by Gasteiger charge is -2.14. The van der Waals surface area contributed by atoms with Crippen molar-refractivity contribution in [3.63, 3.8) is 0 Å². The van der Waals surface area contributed by atoms with Crippen molar-refractivity contribution in [2.75, 3.05) is 11.1 Å². The number of primary sulfonamides is 1. The molecule has 1 saturated carbocycles. The highest BCUT2D eigenvalue weighted by atomic mass is 32.2. The minimum atomic E-state index is -3.73. The topological polar surface area (TPSA) is 98.2 Å². The van der Waals surface area contributed by atoms with E-state index < -0.39 is 10.0 Å². The zero-order valence-corrected chi connectivity index (χ0v) is 10.3. The average Bonchev–Trinajstić information content (AvgIpc) is 2.68. The first-order valence-corrected chi connectivity index (χ1v) is 7.20. The molecule has 1 aliphatic rings. The minimum absolute atomic E-state index is 0.0190. The Kier molecular flexibility index (Phi) is 3.26. The molecule has 0 aliphatic heterocycles. The van der Waals surface area contributed by atoms with Crippen molar-refractivity contribution < 1.29 is 8.42 Å². The lowest BCUT2D eigenvalue weighted by atomic mass is 10.2. The van der Waals surface area contributed by atoms with Gasteiger partial charge in [-0.05, 0) is 31.0 Å². The van der Waals surface area contributed by atoms with E-state index in [-0.39, 0.29) is 10.6 Å². The molecule has 0 radical (unpaired) electrons. The molecule has 0 amide bonds. The highest BCUT2D eigenvalue weighted by Crippen LogP contribution is 2.25. The summed E-state index contributed by atoms with van der Waals surface area (Å²) >= 11 is 0. The van der Waals surface area contributed by atoms with Crippen molar-refractivity contribution in [3.8, 4) is 0 Å². The van der Waals surface area contributed by atoms with Gasteiger partial charge in [0, 0.05) is 11.7 Å². The predicted octanol–water partition coefficient (Wildman–Crippen LogP) is 1.27. The van der Waals surface area contributed by atoms with Gasteiger partial charge in [-0.2, -0.15) is 0 Å². The highest BCUT2D eigenvalue weighted by molar-refractivity contribution is 7.89. The van der Waals surface area contributed by atoms with Gasteiger partial charge in [-0.15, -0.1) is 0 Å². The molecule has 1 aromatic carbocycles. The molecular weight excluding hydrogens is 238 g/mol. The van der Waals surface area contributed by atoms with E-state index in [0.717, 1.165) is 18.5 Å². The third-order valence-electron chi connectivity index (χ3n) is 3.04. The molecule has 0 heterocycles. The molecule has 0 bridgehead atoms. The quantitative estimate of drug-likeness (QED) is 0.708. The third kappa shape index (κ3) is 2.89. The Morgan fingerprint density at radius 1 is 1.24 bits per heavy atom. The SMILES string of the molecule is Nc1cc(NC2CCCC2)ccc1S(N)(=O)=O. The number of nitrogen functional groups attached to an aromatic ring is 1. The van der Waals surface area contributed by atoms with Crippen LogP contribution in [0.2, 0.25) is 0 Å². The first-order chi connectivity index (χ1) is 7.97. The van der Waals surface area contributed by atoms with E-state index in [1.807, 2.05) is 0 Å². The van der Waals surface area contributed by atoms with Gasteiger partial charge in [-0.1, -0.05) is 12.8 Å². The Labute approximate surface area is 101 Å². The number of rotatable bonds is 3. The minimum Gasteiger partial charge on any atom is -0.398 e. The average molecular weight is 255 g/mol. The first kappa shape index (κ1) is 12.2. The van der Waals surface area contributed by atoms with E-state index >= 15 is 0 Å². The standard InChI is InChI=1S/C11H17N3O2S/c12-10-7-9(14-8-3-1-2-4-8)5-6-11(10)17(13,15)16/h5-8,14H,1-4,12H2,(H2,13,15,16). The molecule has 17 heavy (non-hydrogen) atoms. The number of nitrogens with two attached hydrogens (primary N) is 2. The van der Waals surface area contributed by atoms with Crippen LogP contribution in [-0.4, -0.2) is 14.5 Å². The molecule has 0 saturated heterocycles. The second-order valence-electron chi connectivity index (χ2n) is 4.42. The van der Waals surface area contributed by atoms with Crippen LogP contribution in [0.4, 0.5) is 11.4 Å². The highest BCUT2D eigenvalue weighted by Gasteiger charge is 2.16. The monoisotopic (exact) mass is 255 g/mol. The number of sulfonamides is 1. The summed E-state index contributed by atoms with van der Waals surface area (Å²) in [6.07, 6.45) is 4.78. The maximum Gasteiger partial charge on any atom is 0.240 e. The molecule has 5 N–H and O–H groups in total. The van der Waals surface area contributed by atoms with Crippen LogP contribution in [0.15, 0.2) is 23.1 Å². The normalized spacial score (nSPS) is 17.2. The van der Waals surface area contributed by atoms with Gasteiger partial charge in [0.2, 0.25) is 10.0 Å². The predicted molar refractivity (Wildman–Crippen MR) is 68.1 cm³/mol. The van der Waals surface area contributed by atoms with Crippen LogP contribution in [0.25, 0.3) is 0 Å². The Hall–Kier alpha value is -1.27. The van der Waals surface area contributed by atoms with E-state index in [2.05, 4.69) is 5.32 Å². The van der Waals surface area contributed by atoms with Crippen LogP contribution in [0, 0.1) is 0 Å². The van der Waals surface area contributed by atoms with Crippen LogP contribution in [0.1, 0.15) is 25.7 Å². The Morgan fingerprint density at radius 3 is 2.41 bits per heavy atom. The fraction of sp³-hybridized carbons (Fsp3) is 0.455. The van der Waals surface area contributed by atoms with E-state index in [9.17, 15) is 8.42 Å². The largest absolute Gasteiger partial charge is 0.398 e. The second kappa shape index (κ2) is 4.54. The Morgan fingerprint density at radius 2 is 1.88 bits per heavy atom. The molecule has 0 atom stereocenters. The van der Waals surface area contributed by atoms with Gasteiger partial charge in [-0.3, -0.25) is 0 Å². The summed E-state index contributed by atoms with van der Waals surface area (Å²) in [5.41, 5.74) is 6.72. The Balaban J connectivity index is 2.19. The molecule has 0 spiro atoms. The van der Waals surface area contributed by atoms with E-state index in [1.165, 1.54) is 18.9 Å². The third-order valence-corrected chi connectivity index (χ3v) is 4.03. The number of nitrogens with one attached hydrogen (secondary N) is 1. The zero-order valence-electron chi connectivity index (χ0n) is 9.52. The molecule has 1 aliphatic carbocycles. The maximum atomic E-state index is 11.2. The van der Waals surface area contributed by atoms with Gasteiger partial charge in [0.05, 0.1) is 5.69 Å². The van der Waals surface area contributed by atoms with Gasteiger partial charge >= 0.3 is 0 Å². The molecule has 0 aromatic heterocycles. The number of hydrogen-bond donors (Lipinski definition) is 3. The van der Waals surface area contributed by atoms with Gasteiger partial charge in [0.1, 0.15) is 4.90 Å². The summed E-state index contributed by atoms with van der Waals surface area (Å²) in [7, 11) is -3.73. The summed E-state index contributed by atoms with van der Waals surface area (Å²) in [4.78, 5) is -0.0190. The molecule has 2 rings (SSSR count). The fourth-order valence-corrected chi connectivity index (χ4v) is 2.85. The molecule has 0 unspecified atom stereocenters.